The van der Waals surface area contributed by atoms with E-state index in [1.54, 1.807) is 30.0 Å². The van der Waals surface area contributed by atoms with Crippen LogP contribution in [0.15, 0.2) is 29.2 Å². The lowest BCUT2D eigenvalue weighted by molar-refractivity contribution is -0.136. The molecule has 1 aliphatic rings. The van der Waals surface area contributed by atoms with E-state index in [-0.39, 0.29) is 17.6 Å². The summed E-state index contributed by atoms with van der Waals surface area (Å²) in [6.45, 7) is 8.56. The van der Waals surface area contributed by atoms with Gasteiger partial charge in [-0.1, -0.05) is 12.1 Å². The van der Waals surface area contributed by atoms with Gasteiger partial charge in [-0.05, 0) is 39.8 Å². The van der Waals surface area contributed by atoms with Gasteiger partial charge in [0, 0.05) is 18.0 Å². The summed E-state index contributed by atoms with van der Waals surface area (Å²) in [7, 11) is 0. The molecule has 1 heterocycles. The van der Waals surface area contributed by atoms with Crippen LogP contribution in [0, 0.1) is 0 Å². The van der Waals surface area contributed by atoms with Crippen LogP contribution in [0.2, 0.25) is 0 Å². The standard InChI is InChI=1S/C17H23NO4S/c1-11-9-18(10-17(3,4)22-11)15(19)13-7-5-6-8-14(13)23-12(2)16(20)21/h5-8,11-12H,9-10H2,1-4H3,(H,20,21). The van der Waals surface area contributed by atoms with Crippen molar-refractivity contribution in [1.29, 1.82) is 0 Å². The topological polar surface area (TPSA) is 66.8 Å². The van der Waals surface area contributed by atoms with Crippen molar-refractivity contribution in [2.45, 2.75) is 49.5 Å². The van der Waals surface area contributed by atoms with Crippen LogP contribution in [-0.4, -0.2) is 51.9 Å². The Morgan fingerprint density at radius 3 is 2.65 bits per heavy atom. The van der Waals surface area contributed by atoms with E-state index in [1.807, 2.05) is 26.8 Å². The normalized spacial score (nSPS) is 21.7. The SMILES string of the molecule is CC1CN(C(=O)c2ccccc2SC(C)C(=O)O)CC(C)(C)O1. The lowest BCUT2D eigenvalue weighted by Gasteiger charge is -2.41. The largest absolute Gasteiger partial charge is 0.480 e. The number of nitrogens with zero attached hydrogens (tertiary/aromatic N) is 1. The molecule has 1 aliphatic heterocycles. The molecule has 6 heteroatoms. The number of carbonyl (C=O) groups excluding carboxylic acids is 1. The highest BCUT2D eigenvalue weighted by Gasteiger charge is 2.34. The van der Waals surface area contributed by atoms with Gasteiger partial charge in [0.15, 0.2) is 0 Å². The van der Waals surface area contributed by atoms with E-state index in [4.69, 9.17) is 9.84 Å². The molecule has 1 saturated heterocycles. The summed E-state index contributed by atoms with van der Waals surface area (Å²) in [4.78, 5) is 26.5. The van der Waals surface area contributed by atoms with Crippen LogP contribution in [0.4, 0.5) is 0 Å². The second-order valence-corrected chi connectivity index (χ2v) is 7.85. The fraction of sp³-hybridized carbons (Fsp3) is 0.529. The Morgan fingerprint density at radius 2 is 2.04 bits per heavy atom. The van der Waals surface area contributed by atoms with Gasteiger partial charge in [-0.2, -0.15) is 0 Å². The van der Waals surface area contributed by atoms with E-state index in [0.717, 1.165) is 0 Å². The number of aliphatic carboxylic acids is 1. The van der Waals surface area contributed by atoms with Crippen LogP contribution in [0.25, 0.3) is 0 Å². The third-order valence-electron chi connectivity index (χ3n) is 3.63. The summed E-state index contributed by atoms with van der Waals surface area (Å²) in [5, 5.41) is 8.48. The average Bonchev–Trinajstić information content (AvgIpc) is 2.44. The smallest absolute Gasteiger partial charge is 0.316 e. The third kappa shape index (κ3) is 4.48. The van der Waals surface area contributed by atoms with Crippen molar-refractivity contribution < 1.29 is 19.4 Å². The minimum absolute atomic E-state index is 0.0274. The molecule has 0 saturated carbocycles. The number of thioether (sulfide) groups is 1. The van der Waals surface area contributed by atoms with E-state index in [9.17, 15) is 9.59 Å². The third-order valence-corrected chi connectivity index (χ3v) is 4.79. The Kier molecular flexibility index (Phi) is 5.37. The first kappa shape index (κ1) is 17.8. The number of hydrogen-bond acceptors (Lipinski definition) is 4. The molecular formula is C17H23NO4S. The fourth-order valence-electron chi connectivity index (χ4n) is 2.77. The molecule has 0 bridgehead atoms. The summed E-state index contributed by atoms with van der Waals surface area (Å²) in [6.07, 6.45) is -0.0274. The zero-order chi connectivity index (χ0) is 17.2. The number of carbonyl (C=O) groups is 2. The molecule has 0 aromatic heterocycles. The highest BCUT2D eigenvalue weighted by molar-refractivity contribution is 8.00. The number of carboxylic acid groups (broad SMARTS) is 1. The highest BCUT2D eigenvalue weighted by atomic mass is 32.2. The van der Waals surface area contributed by atoms with Crippen molar-refractivity contribution in [3.63, 3.8) is 0 Å². The Labute approximate surface area is 141 Å². The maximum Gasteiger partial charge on any atom is 0.316 e. The van der Waals surface area contributed by atoms with Gasteiger partial charge in [0.25, 0.3) is 5.91 Å². The van der Waals surface area contributed by atoms with Gasteiger partial charge in [-0.3, -0.25) is 9.59 Å². The van der Waals surface area contributed by atoms with E-state index in [2.05, 4.69) is 0 Å². The van der Waals surface area contributed by atoms with Gasteiger partial charge in [0.05, 0.1) is 17.3 Å². The summed E-state index contributed by atoms with van der Waals surface area (Å²) < 4.78 is 5.84. The molecule has 126 valence electrons. The van der Waals surface area contributed by atoms with Crippen LogP contribution >= 0.6 is 11.8 Å². The van der Waals surface area contributed by atoms with Crippen molar-refractivity contribution in [3.05, 3.63) is 29.8 Å². The molecule has 23 heavy (non-hydrogen) atoms. The highest BCUT2D eigenvalue weighted by Crippen LogP contribution is 2.29. The summed E-state index contributed by atoms with van der Waals surface area (Å²) in [6, 6.07) is 7.18. The second kappa shape index (κ2) is 6.93. The zero-order valence-corrected chi connectivity index (χ0v) is 14.7. The predicted octanol–water partition coefficient (Wildman–Crippen LogP) is 2.89. The quantitative estimate of drug-likeness (QED) is 0.856. The molecule has 0 aliphatic carbocycles. The zero-order valence-electron chi connectivity index (χ0n) is 13.9. The molecule has 1 fully saturated rings. The molecule has 2 rings (SSSR count). The first-order valence-corrected chi connectivity index (χ1v) is 8.53. The average molecular weight is 337 g/mol. The summed E-state index contributed by atoms with van der Waals surface area (Å²) in [5.74, 6) is -0.965. The molecule has 1 amide bonds. The number of carboxylic acids is 1. The van der Waals surface area contributed by atoms with E-state index >= 15 is 0 Å². The number of benzene rings is 1. The predicted molar refractivity (Wildman–Crippen MR) is 89.9 cm³/mol. The van der Waals surface area contributed by atoms with Crippen LogP contribution in [0.3, 0.4) is 0 Å². The minimum Gasteiger partial charge on any atom is -0.480 e. The van der Waals surface area contributed by atoms with Gasteiger partial charge < -0.3 is 14.7 Å². The van der Waals surface area contributed by atoms with Crippen LogP contribution in [0.1, 0.15) is 38.1 Å². The maximum absolute atomic E-state index is 12.9. The first-order valence-electron chi connectivity index (χ1n) is 7.65. The number of ether oxygens (including phenoxy) is 1. The van der Waals surface area contributed by atoms with Gasteiger partial charge in [-0.25, -0.2) is 0 Å². The van der Waals surface area contributed by atoms with E-state index < -0.39 is 11.2 Å². The Balaban J connectivity index is 2.24. The summed E-state index contributed by atoms with van der Waals surface area (Å²) in [5.41, 5.74) is 0.166. The number of hydrogen-bond donors (Lipinski definition) is 1. The minimum atomic E-state index is -0.890. The number of amides is 1. The Hall–Kier alpha value is -1.53. The Bertz CT molecular complexity index is 602. The molecular weight excluding hydrogens is 314 g/mol. The first-order chi connectivity index (χ1) is 10.7. The van der Waals surface area contributed by atoms with Gasteiger partial charge >= 0.3 is 5.97 Å². The van der Waals surface area contributed by atoms with Crippen molar-refractivity contribution in [2.75, 3.05) is 13.1 Å². The number of morpholine rings is 1. The molecule has 0 radical (unpaired) electrons. The van der Waals surface area contributed by atoms with E-state index in [0.29, 0.717) is 23.5 Å². The van der Waals surface area contributed by atoms with Crippen molar-refractivity contribution >= 4 is 23.6 Å². The molecule has 1 aromatic carbocycles. The molecule has 5 nitrogen and oxygen atoms in total. The molecule has 2 atom stereocenters. The van der Waals surface area contributed by atoms with Crippen molar-refractivity contribution in [2.24, 2.45) is 0 Å². The number of rotatable bonds is 4. The lowest BCUT2D eigenvalue weighted by Crippen LogP contribution is -2.53. The molecule has 1 N–H and O–H groups in total. The second-order valence-electron chi connectivity index (χ2n) is 6.47. The molecule has 1 aromatic rings. The van der Waals surface area contributed by atoms with Crippen LogP contribution in [0.5, 0.6) is 0 Å². The molecule has 0 spiro atoms. The van der Waals surface area contributed by atoms with Gasteiger partial charge in [0.2, 0.25) is 0 Å². The lowest BCUT2D eigenvalue weighted by atomic mass is 10.0. The van der Waals surface area contributed by atoms with Gasteiger partial charge in [-0.15, -0.1) is 11.8 Å². The fourth-order valence-corrected chi connectivity index (χ4v) is 3.69. The summed E-state index contributed by atoms with van der Waals surface area (Å²) >= 11 is 1.19. The van der Waals surface area contributed by atoms with Gasteiger partial charge in [0.1, 0.15) is 5.25 Å². The van der Waals surface area contributed by atoms with E-state index in [1.165, 1.54) is 11.8 Å². The Morgan fingerprint density at radius 1 is 1.39 bits per heavy atom. The monoisotopic (exact) mass is 337 g/mol. The van der Waals surface area contributed by atoms with Crippen LogP contribution in [-0.2, 0) is 9.53 Å². The van der Waals surface area contributed by atoms with Crippen molar-refractivity contribution in [1.82, 2.24) is 4.90 Å². The molecule has 2 unspecified atom stereocenters. The van der Waals surface area contributed by atoms with Crippen molar-refractivity contribution in [3.8, 4) is 0 Å². The maximum atomic E-state index is 12.9. The van der Waals surface area contributed by atoms with Crippen LogP contribution < -0.4 is 0 Å².